The largest absolute Gasteiger partial charge is 0.388 e. The molecular weight excluding hydrogens is 362 g/mol. The van der Waals surface area contributed by atoms with Crippen molar-refractivity contribution in [3.05, 3.63) is 47.8 Å². The number of amides is 1. The molecule has 0 aliphatic carbocycles. The molecule has 4 rings (SSSR count). The van der Waals surface area contributed by atoms with Crippen molar-refractivity contribution in [2.24, 2.45) is 0 Å². The molecule has 3 heterocycles. The molecule has 9 heteroatoms. The Balaban J connectivity index is 1.36. The summed E-state index contributed by atoms with van der Waals surface area (Å²) in [6.07, 6.45) is 0.758. The van der Waals surface area contributed by atoms with E-state index in [-0.39, 0.29) is 18.6 Å². The lowest BCUT2D eigenvalue weighted by molar-refractivity contribution is 0.0336. The van der Waals surface area contributed by atoms with Gasteiger partial charge in [-0.1, -0.05) is 23.4 Å². The number of rotatable bonds is 6. The fraction of sp³-hybridized carbons (Fsp3) is 0.526. The second-order valence-electron chi connectivity index (χ2n) is 7.12. The van der Waals surface area contributed by atoms with Crippen molar-refractivity contribution in [3.8, 4) is 0 Å². The van der Waals surface area contributed by atoms with Gasteiger partial charge in [-0.2, -0.15) is 0 Å². The fourth-order valence-electron chi connectivity index (χ4n) is 3.53. The van der Waals surface area contributed by atoms with E-state index in [4.69, 9.17) is 9.47 Å². The number of nitrogens with one attached hydrogen (secondary N) is 1. The van der Waals surface area contributed by atoms with Crippen molar-refractivity contribution in [1.82, 2.24) is 25.2 Å². The Kier molecular flexibility index (Phi) is 5.96. The standard InChI is InChI=1S/C19H25N5O4/c25-16-13-28-17(18(16)20-19(26)14-4-2-1-3-5-14)12-24-11-15(21-22-24)10-23-6-8-27-9-7-23/h1-5,11,16-18,25H,6-10,12-13H2,(H,20,26)/t16-,17+,18+/m0/s1. The number of hydrogen-bond donors (Lipinski definition) is 2. The highest BCUT2D eigenvalue weighted by Gasteiger charge is 2.37. The summed E-state index contributed by atoms with van der Waals surface area (Å²) in [4.78, 5) is 14.7. The summed E-state index contributed by atoms with van der Waals surface area (Å²) >= 11 is 0. The molecule has 2 N–H and O–H groups in total. The third-order valence-corrected chi connectivity index (χ3v) is 5.07. The Morgan fingerprint density at radius 3 is 2.82 bits per heavy atom. The number of carbonyl (C=O) groups excluding carboxylic acids is 1. The molecule has 150 valence electrons. The van der Waals surface area contributed by atoms with E-state index in [1.807, 2.05) is 12.3 Å². The first-order chi connectivity index (χ1) is 13.7. The minimum atomic E-state index is -0.756. The minimum absolute atomic E-state index is 0.180. The van der Waals surface area contributed by atoms with E-state index in [0.29, 0.717) is 12.1 Å². The number of ether oxygens (including phenoxy) is 2. The summed E-state index contributed by atoms with van der Waals surface area (Å²) in [5.74, 6) is -0.230. The molecule has 2 aromatic rings. The summed E-state index contributed by atoms with van der Waals surface area (Å²) in [6.45, 7) is 4.57. The van der Waals surface area contributed by atoms with Gasteiger partial charge in [0, 0.05) is 31.4 Å². The molecule has 1 aromatic heterocycles. The van der Waals surface area contributed by atoms with Gasteiger partial charge in [0.25, 0.3) is 5.91 Å². The molecule has 0 bridgehead atoms. The lowest BCUT2D eigenvalue weighted by Gasteiger charge is -2.25. The normalized spacial score (nSPS) is 25.7. The van der Waals surface area contributed by atoms with E-state index in [1.54, 1.807) is 28.9 Å². The van der Waals surface area contributed by atoms with Gasteiger partial charge in [-0.25, -0.2) is 4.68 Å². The monoisotopic (exact) mass is 387 g/mol. The van der Waals surface area contributed by atoms with Crippen LogP contribution in [0.2, 0.25) is 0 Å². The van der Waals surface area contributed by atoms with Crippen LogP contribution in [0.15, 0.2) is 36.5 Å². The lowest BCUT2D eigenvalue weighted by Crippen LogP contribution is -2.48. The van der Waals surface area contributed by atoms with Crippen molar-refractivity contribution in [1.29, 1.82) is 0 Å². The van der Waals surface area contributed by atoms with Gasteiger partial charge >= 0.3 is 0 Å². The van der Waals surface area contributed by atoms with Crippen molar-refractivity contribution in [2.75, 3.05) is 32.9 Å². The molecule has 2 saturated heterocycles. The molecule has 0 spiro atoms. The highest BCUT2D eigenvalue weighted by Crippen LogP contribution is 2.17. The first-order valence-electron chi connectivity index (χ1n) is 9.54. The van der Waals surface area contributed by atoms with Gasteiger partial charge in [0.1, 0.15) is 12.2 Å². The maximum atomic E-state index is 12.4. The predicted molar refractivity (Wildman–Crippen MR) is 99.6 cm³/mol. The van der Waals surface area contributed by atoms with Gasteiger partial charge in [-0.15, -0.1) is 5.10 Å². The number of benzene rings is 1. The quantitative estimate of drug-likeness (QED) is 0.700. The van der Waals surface area contributed by atoms with Gasteiger partial charge in [-0.3, -0.25) is 9.69 Å². The van der Waals surface area contributed by atoms with Crippen molar-refractivity contribution < 1.29 is 19.4 Å². The summed E-state index contributed by atoms with van der Waals surface area (Å²) in [5, 5.41) is 21.5. The van der Waals surface area contributed by atoms with Gasteiger partial charge in [-0.05, 0) is 12.1 Å². The average Bonchev–Trinajstić information content (AvgIpc) is 3.31. The van der Waals surface area contributed by atoms with E-state index in [0.717, 1.165) is 38.5 Å². The highest BCUT2D eigenvalue weighted by atomic mass is 16.5. The summed E-state index contributed by atoms with van der Waals surface area (Å²) in [6, 6.07) is 8.44. The molecule has 0 unspecified atom stereocenters. The molecule has 0 radical (unpaired) electrons. The van der Waals surface area contributed by atoms with Crippen LogP contribution in [0.1, 0.15) is 16.1 Å². The summed E-state index contributed by atoms with van der Waals surface area (Å²) in [5.41, 5.74) is 1.43. The van der Waals surface area contributed by atoms with E-state index in [1.165, 1.54) is 0 Å². The smallest absolute Gasteiger partial charge is 0.251 e. The maximum absolute atomic E-state index is 12.4. The molecule has 1 amide bonds. The number of nitrogens with zero attached hydrogens (tertiary/aromatic N) is 4. The zero-order valence-corrected chi connectivity index (χ0v) is 15.6. The van der Waals surface area contributed by atoms with Crippen molar-refractivity contribution >= 4 is 5.91 Å². The fourth-order valence-corrected chi connectivity index (χ4v) is 3.53. The van der Waals surface area contributed by atoms with Gasteiger partial charge in [0.15, 0.2) is 0 Å². The second kappa shape index (κ2) is 8.78. The van der Waals surface area contributed by atoms with Crippen molar-refractivity contribution in [3.63, 3.8) is 0 Å². The molecule has 1 aromatic carbocycles. The maximum Gasteiger partial charge on any atom is 0.251 e. The van der Waals surface area contributed by atoms with E-state index in [9.17, 15) is 9.90 Å². The highest BCUT2D eigenvalue weighted by molar-refractivity contribution is 5.94. The van der Waals surface area contributed by atoms with Crippen LogP contribution in [-0.2, 0) is 22.6 Å². The molecule has 3 atom stereocenters. The Bertz CT molecular complexity index is 778. The van der Waals surface area contributed by atoms with Crippen LogP contribution in [0.5, 0.6) is 0 Å². The topological polar surface area (TPSA) is 102 Å². The number of aromatic nitrogens is 3. The predicted octanol–water partition coefficient (Wildman–Crippen LogP) is -0.331. The Morgan fingerprint density at radius 1 is 1.25 bits per heavy atom. The van der Waals surface area contributed by atoms with Gasteiger partial charge < -0.3 is 19.9 Å². The number of hydrogen-bond acceptors (Lipinski definition) is 7. The molecule has 2 aliphatic heterocycles. The zero-order chi connectivity index (χ0) is 19.3. The second-order valence-corrected chi connectivity index (χ2v) is 7.12. The third kappa shape index (κ3) is 4.56. The number of aliphatic hydroxyl groups is 1. The third-order valence-electron chi connectivity index (χ3n) is 5.07. The average molecular weight is 387 g/mol. The molecule has 2 aliphatic rings. The number of aliphatic hydroxyl groups excluding tert-OH is 1. The molecular formula is C19H25N5O4. The van der Waals surface area contributed by atoms with Crippen LogP contribution < -0.4 is 5.32 Å². The van der Waals surface area contributed by atoms with Crippen LogP contribution in [0.25, 0.3) is 0 Å². The van der Waals surface area contributed by atoms with Crippen LogP contribution in [0.3, 0.4) is 0 Å². The van der Waals surface area contributed by atoms with Crippen LogP contribution in [0, 0.1) is 0 Å². The van der Waals surface area contributed by atoms with E-state index < -0.39 is 12.1 Å². The summed E-state index contributed by atoms with van der Waals surface area (Å²) in [7, 11) is 0. The Hall–Kier alpha value is -2.33. The number of carbonyl (C=O) groups is 1. The molecule has 0 saturated carbocycles. The first-order valence-corrected chi connectivity index (χ1v) is 9.54. The SMILES string of the molecule is O=C(N[C@@H]1[C@@H](O)CO[C@@H]1Cn1cc(CN2CCOCC2)nn1)c1ccccc1. The van der Waals surface area contributed by atoms with Gasteiger partial charge in [0.2, 0.25) is 0 Å². The lowest BCUT2D eigenvalue weighted by atomic mass is 10.1. The van der Waals surface area contributed by atoms with Crippen LogP contribution >= 0.6 is 0 Å². The molecule has 9 nitrogen and oxygen atoms in total. The van der Waals surface area contributed by atoms with Crippen LogP contribution in [0.4, 0.5) is 0 Å². The molecule has 2 fully saturated rings. The minimum Gasteiger partial charge on any atom is -0.388 e. The van der Waals surface area contributed by atoms with E-state index >= 15 is 0 Å². The van der Waals surface area contributed by atoms with Crippen LogP contribution in [-0.4, -0.2) is 82.1 Å². The first kappa shape index (κ1) is 19.0. The Morgan fingerprint density at radius 2 is 2.04 bits per heavy atom. The summed E-state index contributed by atoms with van der Waals surface area (Å²) < 4.78 is 12.8. The Labute approximate surface area is 163 Å². The van der Waals surface area contributed by atoms with Gasteiger partial charge in [0.05, 0.1) is 38.1 Å². The van der Waals surface area contributed by atoms with Crippen molar-refractivity contribution in [2.45, 2.75) is 31.3 Å². The van der Waals surface area contributed by atoms with E-state index in [2.05, 4.69) is 20.5 Å². The molecule has 28 heavy (non-hydrogen) atoms. The number of morpholine rings is 1. The zero-order valence-electron chi connectivity index (χ0n) is 15.6.